The van der Waals surface area contributed by atoms with Gasteiger partial charge in [0.25, 0.3) is 0 Å². The second kappa shape index (κ2) is 16.4. The van der Waals surface area contributed by atoms with Crippen molar-refractivity contribution in [2.45, 2.75) is 114 Å². The molecule has 2 saturated carbocycles. The van der Waals surface area contributed by atoms with E-state index in [0.29, 0.717) is 43.8 Å². The number of piperidine rings is 1. The smallest absolute Gasteiger partial charge is 0.408 e. The summed E-state index contributed by atoms with van der Waals surface area (Å²) in [6, 6.07) is 5.64. The molecule has 3 amide bonds. The Balaban J connectivity index is 1.22. The predicted octanol–water partition coefficient (Wildman–Crippen LogP) is 4.09. The molecule has 3 N–H and O–H groups in total. The van der Waals surface area contributed by atoms with Gasteiger partial charge in [0.05, 0.1) is 13.4 Å². The van der Waals surface area contributed by atoms with E-state index < -0.39 is 51.5 Å². The summed E-state index contributed by atoms with van der Waals surface area (Å²) in [5, 5.41) is 9.36. The molecule has 0 aromatic heterocycles. The number of halogens is 1. The Morgan fingerprint density at radius 1 is 1.02 bits per heavy atom. The zero-order valence-electron chi connectivity index (χ0n) is 28.6. The third kappa shape index (κ3) is 10.1. The minimum atomic E-state index is -3.33. The van der Waals surface area contributed by atoms with Crippen LogP contribution >= 0.6 is 11.6 Å². The number of rotatable bonds is 12. The molecule has 0 bridgehead atoms. The van der Waals surface area contributed by atoms with Gasteiger partial charge in [0.15, 0.2) is 0 Å². The number of alkyl carbamates (subject to hydrolysis) is 1. The van der Waals surface area contributed by atoms with Crippen LogP contribution in [-0.2, 0) is 40.3 Å². The lowest BCUT2D eigenvalue weighted by Gasteiger charge is -2.38. The van der Waals surface area contributed by atoms with E-state index >= 15 is 0 Å². The monoisotopic (exact) mass is 722 g/mol. The van der Waals surface area contributed by atoms with Crippen molar-refractivity contribution in [2.75, 3.05) is 26.5 Å². The molecular formula is C35H51ClN4O8S. The highest BCUT2D eigenvalue weighted by molar-refractivity contribution is 7.88. The molecule has 272 valence electrons. The molecule has 5 atom stereocenters. The van der Waals surface area contributed by atoms with Crippen molar-refractivity contribution >= 4 is 45.5 Å². The summed E-state index contributed by atoms with van der Waals surface area (Å²) < 4.78 is 36.4. The number of carbonyl (C=O) groups excluding carboxylic acids is 4. The number of hydrogen-bond donors (Lipinski definition) is 3. The van der Waals surface area contributed by atoms with Crippen LogP contribution < -0.4 is 16.0 Å². The van der Waals surface area contributed by atoms with Gasteiger partial charge < -0.3 is 25.4 Å². The SMILES string of the molecule is COC(=O)C(CC1CC2(CCN(S(C)(=O)=O)CC2)NC1=O)NC(=O)[C@H](CC1CCCCC1)NC(=O)OC1CCCC1Cc1cccc(Cl)c1. The van der Waals surface area contributed by atoms with Gasteiger partial charge in [-0.15, -0.1) is 0 Å². The van der Waals surface area contributed by atoms with Crippen LogP contribution in [0.1, 0.15) is 89.0 Å². The van der Waals surface area contributed by atoms with Crippen molar-refractivity contribution in [3.05, 3.63) is 34.9 Å². The zero-order valence-corrected chi connectivity index (χ0v) is 30.2. The number of esters is 1. The molecule has 4 aliphatic rings. The van der Waals surface area contributed by atoms with Gasteiger partial charge in [0, 0.05) is 35.5 Å². The van der Waals surface area contributed by atoms with E-state index in [1.54, 1.807) is 0 Å². The lowest BCUT2D eigenvalue weighted by atomic mass is 9.82. The maximum Gasteiger partial charge on any atom is 0.408 e. The van der Waals surface area contributed by atoms with Gasteiger partial charge in [-0.3, -0.25) is 9.59 Å². The van der Waals surface area contributed by atoms with E-state index in [1.807, 2.05) is 24.3 Å². The van der Waals surface area contributed by atoms with Crippen molar-refractivity contribution in [1.29, 1.82) is 0 Å². The van der Waals surface area contributed by atoms with Gasteiger partial charge in [-0.05, 0) is 81.4 Å². The molecule has 2 aliphatic heterocycles. The summed E-state index contributed by atoms with van der Waals surface area (Å²) in [6.07, 6.45) is 10.5. The molecule has 0 radical (unpaired) electrons. The number of sulfonamides is 1. The molecule has 4 fully saturated rings. The number of hydrogen-bond acceptors (Lipinski definition) is 8. The van der Waals surface area contributed by atoms with Gasteiger partial charge in [-0.25, -0.2) is 22.3 Å². The Bertz CT molecular complexity index is 1460. The highest BCUT2D eigenvalue weighted by atomic mass is 35.5. The van der Waals surface area contributed by atoms with Crippen molar-refractivity contribution in [3.63, 3.8) is 0 Å². The van der Waals surface area contributed by atoms with E-state index in [1.165, 1.54) is 17.7 Å². The fourth-order valence-electron chi connectivity index (χ4n) is 8.32. The molecule has 2 aliphatic carbocycles. The summed E-state index contributed by atoms with van der Waals surface area (Å²) >= 11 is 6.19. The number of methoxy groups -OCH3 is 1. The Morgan fingerprint density at radius 2 is 1.76 bits per heavy atom. The first-order valence-corrected chi connectivity index (χ1v) is 19.9. The summed E-state index contributed by atoms with van der Waals surface area (Å²) in [5.41, 5.74) is 0.519. The second-order valence-electron chi connectivity index (χ2n) is 14.6. The fraction of sp³-hybridized carbons (Fsp3) is 0.714. The molecule has 2 saturated heterocycles. The Hall–Kier alpha value is -2.90. The summed E-state index contributed by atoms with van der Waals surface area (Å²) in [6.45, 7) is 0.603. The van der Waals surface area contributed by atoms with E-state index in [0.717, 1.165) is 63.4 Å². The maximum absolute atomic E-state index is 13.9. The van der Waals surface area contributed by atoms with Gasteiger partial charge in [-0.1, -0.05) is 55.8 Å². The number of nitrogens with one attached hydrogen (secondary N) is 3. The molecule has 2 heterocycles. The molecule has 49 heavy (non-hydrogen) atoms. The second-order valence-corrected chi connectivity index (χ2v) is 17.0. The average molecular weight is 723 g/mol. The molecule has 1 aromatic carbocycles. The first-order valence-electron chi connectivity index (χ1n) is 17.7. The third-order valence-corrected chi connectivity index (χ3v) is 12.5. The van der Waals surface area contributed by atoms with Crippen LogP contribution in [0.15, 0.2) is 24.3 Å². The summed E-state index contributed by atoms with van der Waals surface area (Å²) in [4.78, 5) is 53.3. The highest BCUT2D eigenvalue weighted by Crippen LogP contribution is 2.37. The molecular weight excluding hydrogens is 672 g/mol. The van der Waals surface area contributed by atoms with Crippen LogP contribution in [0.2, 0.25) is 5.02 Å². The van der Waals surface area contributed by atoms with E-state index in [2.05, 4.69) is 16.0 Å². The molecule has 1 aromatic rings. The van der Waals surface area contributed by atoms with Crippen LogP contribution in [0.25, 0.3) is 0 Å². The molecule has 14 heteroatoms. The standard InChI is InChI=1S/C35H51ClN4O8S/c1-47-33(43)29(21-26-22-35(39-31(26)41)14-16-40(17-15-35)49(2,45)46)37-32(42)28(20-23-8-4-3-5-9-23)38-34(44)48-30-13-7-11-25(30)18-24-10-6-12-27(36)19-24/h6,10,12,19,23,25-26,28-30H,3-5,7-9,11,13-18,20-22H2,1-2H3,(H,37,42)(H,38,44)(H,39,41)/t25?,26?,28-,29?,30?/m0/s1. The number of benzene rings is 1. The number of carbonyl (C=O) groups is 4. The number of nitrogens with zero attached hydrogens (tertiary/aromatic N) is 1. The Morgan fingerprint density at radius 3 is 2.43 bits per heavy atom. The lowest BCUT2D eigenvalue weighted by molar-refractivity contribution is -0.146. The summed E-state index contributed by atoms with van der Waals surface area (Å²) in [5.74, 6) is -1.64. The van der Waals surface area contributed by atoms with Crippen molar-refractivity contribution < 1.29 is 37.1 Å². The number of amides is 3. The van der Waals surface area contributed by atoms with E-state index in [4.69, 9.17) is 21.1 Å². The molecule has 4 unspecified atom stereocenters. The third-order valence-electron chi connectivity index (χ3n) is 11.0. The first-order chi connectivity index (χ1) is 23.3. The minimum absolute atomic E-state index is 0.0235. The Kier molecular flexibility index (Phi) is 12.5. The van der Waals surface area contributed by atoms with Gasteiger partial charge in [0.2, 0.25) is 21.8 Å². The molecule has 12 nitrogen and oxygen atoms in total. The van der Waals surface area contributed by atoms with Crippen LogP contribution in [0, 0.1) is 17.8 Å². The topological polar surface area (TPSA) is 160 Å². The number of ether oxygens (including phenoxy) is 2. The average Bonchev–Trinajstić information content (AvgIpc) is 3.61. The predicted molar refractivity (Wildman–Crippen MR) is 184 cm³/mol. The Labute approximate surface area is 294 Å². The molecule has 5 rings (SSSR count). The van der Waals surface area contributed by atoms with Crippen molar-refractivity contribution in [2.24, 2.45) is 17.8 Å². The van der Waals surface area contributed by atoms with Crippen LogP contribution in [0.3, 0.4) is 0 Å². The summed E-state index contributed by atoms with van der Waals surface area (Å²) in [7, 11) is -2.10. The van der Waals surface area contributed by atoms with Gasteiger partial charge in [0.1, 0.15) is 18.2 Å². The van der Waals surface area contributed by atoms with Crippen LogP contribution in [-0.4, -0.2) is 86.8 Å². The quantitative estimate of drug-likeness (QED) is 0.272. The minimum Gasteiger partial charge on any atom is -0.467 e. The van der Waals surface area contributed by atoms with Gasteiger partial charge >= 0.3 is 12.1 Å². The van der Waals surface area contributed by atoms with Crippen LogP contribution in [0.5, 0.6) is 0 Å². The van der Waals surface area contributed by atoms with Gasteiger partial charge in [-0.2, -0.15) is 0 Å². The van der Waals surface area contributed by atoms with Crippen molar-refractivity contribution in [3.8, 4) is 0 Å². The zero-order chi connectivity index (χ0) is 35.2. The first kappa shape index (κ1) is 37.4. The maximum atomic E-state index is 13.9. The van der Waals surface area contributed by atoms with Crippen molar-refractivity contribution in [1.82, 2.24) is 20.3 Å². The van der Waals surface area contributed by atoms with Crippen LogP contribution in [0.4, 0.5) is 4.79 Å². The fourth-order valence-corrected chi connectivity index (χ4v) is 9.38. The normalized spacial score (nSPS) is 25.7. The highest BCUT2D eigenvalue weighted by Gasteiger charge is 2.48. The largest absolute Gasteiger partial charge is 0.467 e. The lowest BCUT2D eigenvalue weighted by Crippen LogP contribution is -2.53. The van der Waals surface area contributed by atoms with E-state index in [9.17, 15) is 27.6 Å². The van der Waals surface area contributed by atoms with E-state index in [-0.39, 0.29) is 30.3 Å². The molecule has 1 spiro atoms.